The van der Waals surface area contributed by atoms with Crippen LogP contribution in [-0.2, 0) is 14.3 Å². The molecule has 0 aliphatic carbocycles. The molecule has 1 aliphatic rings. The average Bonchev–Trinajstić information content (AvgIpc) is 2.38. The topological polar surface area (TPSA) is 75.6 Å². The molecule has 5 heteroatoms. The van der Waals surface area contributed by atoms with Gasteiger partial charge in [-0.05, 0) is 25.7 Å². The van der Waals surface area contributed by atoms with Crippen molar-refractivity contribution in [3.8, 4) is 0 Å². The highest BCUT2D eigenvalue weighted by atomic mass is 16.5. The van der Waals surface area contributed by atoms with E-state index in [2.05, 4.69) is 5.32 Å². The van der Waals surface area contributed by atoms with Gasteiger partial charge in [0, 0.05) is 12.1 Å². The fraction of sp³-hybridized carbons (Fsp3) is 0.846. The summed E-state index contributed by atoms with van der Waals surface area (Å²) in [5.74, 6) is -1.08. The van der Waals surface area contributed by atoms with Crippen LogP contribution in [0.1, 0.15) is 46.0 Å². The number of carbonyl (C=O) groups excluding carboxylic acids is 1. The Bertz CT molecular complexity index is 293. The number of hydrogen-bond acceptors (Lipinski definition) is 3. The molecule has 1 unspecified atom stereocenters. The lowest BCUT2D eigenvalue weighted by Gasteiger charge is -2.33. The van der Waals surface area contributed by atoms with Gasteiger partial charge in [-0.25, -0.2) is 0 Å². The van der Waals surface area contributed by atoms with E-state index in [4.69, 9.17) is 9.84 Å². The molecule has 1 aliphatic heterocycles. The minimum Gasteiger partial charge on any atom is -0.481 e. The van der Waals surface area contributed by atoms with Crippen molar-refractivity contribution < 1.29 is 19.4 Å². The molecule has 0 saturated carbocycles. The molecule has 0 radical (unpaired) electrons. The summed E-state index contributed by atoms with van der Waals surface area (Å²) in [7, 11) is 0. The minimum absolute atomic E-state index is 0.0285. The smallest absolute Gasteiger partial charge is 0.305 e. The standard InChI is InChI=1S/C13H23NO4/c1-3-13(4-2,8-11(15)16)14-12(17)10-6-5-7-18-9-10/h10H,3-9H2,1-2H3,(H,14,17)(H,15,16). The van der Waals surface area contributed by atoms with Gasteiger partial charge in [0.25, 0.3) is 0 Å². The van der Waals surface area contributed by atoms with Crippen LogP contribution in [-0.4, -0.2) is 35.7 Å². The van der Waals surface area contributed by atoms with Crippen molar-refractivity contribution in [1.82, 2.24) is 5.32 Å². The molecule has 1 atom stereocenters. The van der Waals surface area contributed by atoms with E-state index in [0.717, 1.165) is 12.8 Å². The van der Waals surface area contributed by atoms with Gasteiger partial charge in [0.05, 0.1) is 18.9 Å². The SMILES string of the molecule is CCC(CC)(CC(=O)O)NC(=O)C1CCCOC1. The van der Waals surface area contributed by atoms with Crippen LogP contribution in [0.2, 0.25) is 0 Å². The second-order valence-electron chi connectivity index (χ2n) is 4.96. The number of carboxylic acids is 1. The van der Waals surface area contributed by atoms with Crippen LogP contribution in [0.15, 0.2) is 0 Å². The monoisotopic (exact) mass is 257 g/mol. The molecule has 1 rings (SSSR count). The fourth-order valence-electron chi connectivity index (χ4n) is 2.32. The Morgan fingerprint density at radius 3 is 2.50 bits per heavy atom. The predicted octanol–water partition coefficient (Wildman–Crippen LogP) is 1.56. The lowest BCUT2D eigenvalue weighted by molar-refractivity contribution is -0.140. The van der Waals surface area contributed by atoms with Crippen LogP contribution < -0.4 is 5.32 Å². The quantitative estimate of drug-likeness (QED) is 0.757. The summed E-state index contributed by atoms with van der Waals surface area (Å²) in [6, 6.07) is 0. The Balaban J connectivity index is 2.64. The van der Waals surface area contributed by atoms with Gasteiger partial charge < -0.3 is 15.2 Å². The van der Waals surface area contributed by atoms with Gasteiger partial charge in [-0.2, -0.15) is 0 Å². The molecule has 0 aromatic carbocycles. The Labute approximate surface area is 108 Å². The van der Waals surface area contributed by atoms with Crippen molar-refractivity contribution in [2.24, 2.45) is 5.92 Å². The lowest BCUT2D eigenvalue weighted by Crippen LogP contribution is -2.52. The molecular weight excluding hydrogens is 234 g/mol. The first-order chi connectivity index (χ1) is 8.53. The van der Waals surface area contributed by atoms with E-state index >= 15 is 0 Å². The summed E-state index contributed by atoms with van der Waals surface area (Å²) >= 11 is 0. The highest BCUT2D eigenvalue weighted by molar-refractivity contribution is 5.80. The zero-order chi connectivity index (χ0) is 13.6. The Morgan fingerprint density at radius 2 is 2.06 bits per heavy atom. The summed E-state index contributed by atoms with van der Waals surface area (Å²) in [4.78, 5) is 23.0. The van der Waals surface area contributed by atoms with Crippen molar-refractivity contribution in [3.63, 3.8) is 0 Å². The summed E-state index contributed by atoms with van der Waals surface area (Å²) in [5, 5.41) is 11.9. The highest BCUT2D eigenvalue weighted by Crippen LogP contribution is 2.22. The molecule has 1 fully saturated rings. The number of ether oxygens (including phenoxy) is 1. The number of amides is 1. The second kappa shape index (κ2) is 6.73. The number of carboxylic acid groups (broad SMARTS) is 1. The average molecular weight is 257 g/mol. The maximum absolute atomic E-state index is 12.1. The number of aliphatic carboxylic acids is 1. The van der Waals surface area contributed by atoms with E-state index in [9.17, 15) is 9.59 Å². The van der Waals surface area contributed by atoms with Gasteiger partial charge in [-0.1, -0.05) is 13.8 Å². The van der Waals surface area contributed by atoms with Crippen molar-refractivity contribution >= 4 is 11.9 Å². The third kappa shape index (κ3) is 3.98. The molecule has 0 bridgehead atoms. The first-order valence-corrected chi connectivity index (χ1v) is 6.64. The van der Waals surface area contributed by atoms with Crippen LogP contribution in [0.5, 0.6) is 0 Å². The van der Waals surface area contributed by atoms with Crippen molar-refractivity contribution in [1.29, 1.82) is 0 Å². The van der Waals surface area contributed by atoms with E-state index < -0.39 is 11.5 Å². The lowest BCUT2D eigenvalue weighted by atomic mass is 9.87. The van der Waals surface area contributed by atoms with Crippen LogP contribution in [0.25, 0.3) is 0 Å². The molecule has 0 aromatic rings. The Hall–Kier alpha value is -1.10. The highest BCUT2D eigenvalue weighted by Gasteiger charge is 2.33. The van der Waals surface area contributed by atoms with Crippen molar-refractivity contribution in [3.05, 3.63) is 0 Å². The predicted molar refractivity (Wildman–Crippen MR) is 67.3 cm³/mol. The van der Waals surface area contributed by atoms with Gasteiger partial charge in [0.1, 0.15) is 0 Å². The maximum Gasteiger partial charge on any atom is 0.305 e. The molecule has 5 nitrogen and oxygen atoms in total. The number of rotatable bonds is 6. The zero-order valence-corrected chi connectivity index (χ0v) is 11.2. The van der Waals surface area contributed by atoms with Gasteiger partial charge >= 0.3 is 5.97 Å². The first kappa shape index (κ1) is 15.0. The second-order valence-corrected chi connectivity index (χ2v) is 4.96. The molecule has 18 heavy (non-hydrogen) atoms. The molecule has 0 aromatic heterocycles. The molecule has 1 heterocycles. The third-order valence-corrected chi connectivity index (χ3v) is 3.76. The van der Waals surface area contributed by atoms with Gasteiger partial charge in [-0.3, -0.25) is 9.59 Å². The molecule has 104 valence electrons. The minimum atomic E-state index is -0.876. The van der Waals surface area contributed by atoms with Gasteiger partial charge in [-0.15, -0.1) is 0 Å². The molecule has 2 N–H and O–H groups in total. The first-order valence-electron chi connectivity index (χ1n) is 6.64. The summed E-state index contributed by atoms with van der Waals surface area (Å²) in [6.07, 6.45) is 2.92. The maximum atomic E-state index is 12.1. The molecule has 1 amide bonds. The van der Waals surface area contributed by atoms with E-state index in [0.29, 0.717) is 26.1 Å². The van der Waals surface area contributed by atoms with Gasteiger partial charge in [0.2, 0.25) is 5.91 Å². The van der Waals surface area contributed by atoms with Crippen molar-refractivity contribution in [2.75, 3.05) is 13.2 Å². The van der Waals surface area contributed by atoms with Crippen LogP contribution in [0, 0.1) is 5.92 Å². The molecular formula is C13H23NO4. The summed E-state index contributed by atoms with van der Waals surface area (Å²) in [5.41, 5.74) is -0.625. The van der Waals surface area contributed by atoms with E-state index in [1.54, 1.807) is 0 Å². The third-order valence-electron chi connectivity index (χ3n) is 3.76. The fourth-order valence-corrected chi connectivity index (χ4v) is 2.32. The van der Waals surface area contributed by atoms with E-state index in [1.807, 2.05) is 13.8 Å². The zero-order valence-electron chi connectivity index (χ0n) is 11.2. The molecule has 0 spiro atoms. The normalized spacial score (nSPS) is 20.4. The van der Waals surface area contributed by atoms with Crippen LogP contribution in [0.3, 0.4) is 0 Å². The van der Waals surface area contributed by atoms with Gasteiger partial charge in [0.15, 0.2) is 0 Å². The van der Waals surface area contributed by atoms with E-state index in [1.165, 1.54) is 0 Å². The van der Waals surface area contributed by atoms with Crippen molar-refractivity contribution in [2.45, 2.75) is 51.5 Å². The van der Waals surface area contributed by atoms with Crippen LogP contribution >= 0.6 is 0 Å². The number of nitrogens with one attached hydrogen (secondary N) is 1. The Morgan fingerprint density at radius 1 is 1.39 bits per heavy atom. The Kier molecular flexibility index (Phi) is 5.59. The number of hydrogen-bond donors (Lipinski definition) is 2. The van der Waals surface area contributed by atoms with E-state index in [-0.39, 0.29) is 18.2 Å². The van der Waals surface area contributed by atoms with Crippen LogP contribution in [0.4, 0.5) is 0 Å². The summed E-state index contributed by atoms with van der Waals surface area (Å²) < 4.78 is 5.29. The largest absolute Gasteiger partial charge is 0.481 e. The number of carbonyl (C=O) groups is 2. The molecule has 1 saturated heterocycles. The summed E-state index contributed by atoms with van der Waals surface area (Å²) in [6.45, 7) is 4.97.